The lowest BCUT2D eigenvalue weighted by atomic mass is 10.1. The number of benzene rings is 2. The SMILES string of the molecule is CCCOCc1ccccc1CNC(=NC)NCc1ccccc1OC(F)F. The van der Waals surface area contributed by atoms with Gasteiger partial charge >= 0.3 is 6.61 Å². The van der Waals surface area contributed by atoms with Gasteiger partial charge in [-0.3, -0.25) is 4.99 Å². The summed E-state index contributed by atoms with van der Waals surface area (Å²) in [6.45, 7) is 1.39. The van der Waals surface area contributed by atoms with Gasteiger partial charge in [0.15, 0.2) is 5.96 Å². The van der Waals surface area contributed by atoms with Crippen molar-refractivity contribution in [3.05, 3.63) is 65.2 Å². The second-order valence-corrected chi connectivity index (χ2v) is 6.09. The second kappa shape index (κ2) is 11.9. The highest BCUT2D eigenvalue weighted by atomic mass is 19.3. The topological polar surface area (TPSA) is 54.9 Å². The van der Waals surface area contributed by atoms with Crippen LogP contribution in [0.5, 0.6) is 5.75 Å². The molecule has 0 aromatic heterocycles. The molecule has 0 unspecified atom stereocenters. The first kappa shape index (κ1) is 21.6. The van der Waals surface area contributed by atoms with Crippen LogP contribution in [0.4, 0.5) is 8.78 Å². The molecule has 0 fully saturated rings. The third-order valence-electron chi connectivity index (χ3n) is 4.03. The van der Waals surface area contributed by atoms with Gasteiger partial charge in [0.2, 0.25) is 0 Å². The van der Waals surface area contributed by atoms with Crippen molar-refractivity contribution in [3.63, 3.8) is 0 Å². The van der Waals surface area contributed by atoms with E-state index in [2.05, 4.69) is 27.3 Å². The van der Waals surface area contributed by atoms with Gasteiger partial charge in [-0.15, -0.1) is 0 Å². The van der Waals surface area contributed by atoms with Gasteiger partial charge in [-0.2, -0.15) is 8.78 Å². The number of ether oxygens (including phenoxy) is 2. The van der Waals surface area contributed by atoms with Crippen LogP contribution in [0, 0.1) is 0 Å². The third-order valence-corrected chi connectivity index (χ3v) is 4.03. The average molecular weight is 391 g/mol. The Labute approximate surface area is 164 Å². The van der Waals surface area contributed by atoms with Crippen molar-refractivity contribution < 1.29 is 18.3 Å². The van der Waals surface area contributed by atoms with Gasteiger partial charge in [-0.25, -0.2) is 0 Å². The number of rotatable bonds is 10. The summed E-state index contributed by atoms with van der Waals surface area (Å²) in [5.41, 5.74) is 2.86. The lowest BCUT2D eigenvalue weighted by Gasteiger charge is -2.16. The Morgan fingerprint density at radius 3 is 2.21 bits per heavy atom. The van der Waals surface area contributed by atoms with Gasteiger partial charge in [0, 0.05) is 32.3 Å². The molecule has 0 aliphatic heterocycles. The predicted molar refractivity (Wildman–Crippen MR) is 107 cm³/mol. The molecular weight excluding hydrogens is 364 g/mol. The van der Waals surface area contributed by atoms with E-state index < -0.39 is 6.61 Å². The number of guanidine groups is 1. The van der Waals surface area contributed by atoms with Crippen molar-refractivity contribution >= 4 is 5.96 Å². The molecule has 0 heterocycles. The maximum absolute atomic E-state index is 12.5. The average Bonchev–Trinajstić information content (AvgIpc) is 2.70. The maximum Gasteiger partial charge on any atom is 0.387 e. The van der Waals surface area contributed by atoms with E-state index in [0.717, 1.165) is 24.2 Å². The molecule has 0 saturated heterocycles. The van der Waals surface area contributed by atoms with E-state index in [0.29, 0.717) is 31.2 Å². The van der Waals surface area contributed by atoms with Crippen LogP contribution in [0.25, 0.3) is 0 Å². The Kier molecular flexibility index (Phi) is 9.21. The summed E-state index contributed by atoms with van der Waals surface area (Å²) >= 11 is 0. The molecule has 0 amide bonds. The van der Waals surface area contributed by atoms with Crippen molar-refractivity contribution in [1.82, 2.24) is 10.6 Å². The molecule has 7 heteroatoms. The van der Waals surface area contributed by atoms with Gasteiger partial charge in [0.1, 0.15) is 5.75 Å². The van der Waals surface area contributed by atoms with Crippen molar-refractivity contribution in [3.8, 4) is 5.75 Å². The van der Waals surface area contributed by atoms with Crippen LogP contribution in [0.15, 0.2) is 53.5 Å². The van der Waals surface area contributed by atoms with Gasteiger partial charge in [0.25, 0.3) is 0 Å². The molecule has 0 radical (unpaired) electrons. The summed E-state index contributed by atoms with van der Waals surface area (Å²) in [5.74, 6) is 0.718. The summed E-state index contributed by atoms with van der Waals surface area (Å²) in [4.78, 5) is 4.19. The van der Waals surface area contributed by atoms with E-state index in [1.165, 1.54) is 6.07 Å². The number of nitrogens with zero attached hydrogens (tertiary/aromatic N) is 1. The smallest absolute Gasteiger partial charge is 0.387 e. The maximum atomic E-state index is 12.5. The Morgan fingerprint density at radius 1 is 0.964 bits per heavy atom. The van der Waals surface area contributed by atoms with E-state index >= 15 is 0 Å². The Bertz CT molecular complexity index is 754. The second-order valence-electron chi connectivity index (χ2n) is 6.09. The van der Waals surface area contributed by atoms with Crippen LogP contribution in [-0.4, -0.2) is 26.2 Å². The highest BCUT2D eigenvalue weighted by Gasteiger charge is 2.10. The molecule has 2 aromatic carbocycles. The Hall–Kier alpha value is -2.67. The highest BCUT2D eigenvalue weighted by Crippen LogP contribution is 2.19. The molecule has 28 heavy (non-hydrogen) atoms. The number of alkyl halides is 2. The van der Waals surface area contributed by atoms with Crippen molar-refractivity contribution in [2.24, 2.45) is 4.99 Å². The third kappa shape index (κ3) is 7.15. The fraction of sp³-hybridized carbons (Fsp3) is 0.381. The largest absolute Gasteiger partial charge is 0.434 e. The summed E-state index contributed by atoms with van der Waals surface area (Å²) in [5, 5.41) is 6.37. The van der Waals surface area contributed by atoms with Crippen molar-refractivity contribution in [1.29, 1.82) is 0 Å². The zero-order valence-electron chi connectivity index (χ0n) is 16.3. The number of hydrogen-bond acceptors (Lipinski definition) is 3. The van der Waals surface area contributed by atoms with Crippen molar-refractivity contribution in [2.45, 2.75) is 39.7 Å². The van der Waals surface area contributed by atoms with Crippen LogP contribution >= 0.6 is 0 Å². The van der Waals surface area contributed by atoms with E-state index in [1.807, 2.05) is 24.3 Å². The number of para-hydroxylation sites is 1. The summed E-state index contributed by atoms with van der Waals surface area (Å²) in [6, 6.07) is 14.7. The summed E-state index contributed by atoms with van der Waals surface area (Å²) in [7, 11) is 1.66. The molecule has 2 aromatic rings. The van der Waals surface area contributed by atoms with Crippen LogP contribution < -0.4 is 15.4 Å². The zero-order valence-corrected chi connectivity index (χ0v) is 16.3. The zero-order chi connectivity index (χ0) is 20.2. The van der Waals surface area contributed by atoms with E-state index in [1.54, 1.807) is 25.2 Å². The normalized spacial score (nSPS) is 11.5. The number of nitrogens with one attached hydrogen (secondary N) is 2. The Morgan fingerprint density at radius 2 is 1.57 bits per heavy atom. The minimum absolute atomic E-state index is 0.152. The van der Waals surface area contributed by atoms with Gasteiger partial charge < -0.3 is 20.1 Å². The molecule has 5 nitrogen and oxygen atoms in total. The molecule has 0 saturated carbocycles. The minimum Gasteiger partial charge on any atom is -0.434 e. The molecule has 0 aliphatic rings. The summed E-state index contributed by atoms with van der Waals surface area (Å²) < 4.78 is 35.3. The van der Waals surface area contributed by atoms with Crippen LogP contribution in [0.1, 0.15) is 30.0 Å². The number of halogens is 2. The van der Waals surface area contributed by atoms with Crippen LogP contribution in [-0.2, 0) is 24.4 Å². The first-order chi connectivity index (χ1) is 13.6. The molecule has 152 valence electrons. The van der Waals surface area contributed by atoms with E-state index in [9.17, 15) is 8.78 Å². The summed E-state index contributed by atoms with van der Waals surface area (Å²) in [6.07, 6.45) is 0.980. The predicted octanol–water partition coefficient (Wildman–Crippen LogP) is 4.08. The quantitative estimate of drug-likeness (QED) is 0.364. The van der Waals surface area contributed by atoms with Crippen molar-refractivity contribution in [2.75, 3.05) is 13.7 Å². The minimum atomic E-state index is -2.86. The van der Waals surface area contributed by atoms with Crippen LogP contribution in [0.2, 0.25) is 0 Å². The first-order valence-corrected chi connectivity index (χ1v) is 9.25. The van der Waals surface area contributed by atoms with Crippen LogP contribution in [0.3, 0.4) is 0 Å². The van der Waals surface area contributed by atoms with Gasteiger partial charge in [0.05, 0.1) is 6.61 Å². The monoisotopic (exact) mass is 391 g/mol. The molecular formula is C21H27F2N3O2. The fourth-order valence-electron chi connectivity index (χ4n) is 2.64. The van der Waals surface area contributed by atoms with E-state index in [4.69, 9.17) is 4.74 Å². The standard InChI is InChI=1S/C21H27F2N3O2/c1-3-12-27-15-18-10-5-4-8-16(18)13-25-21(24-2)26-14-17-9-6-7-11-19(17)28-20(22)23/h4-11,20H,3,12-15H2,1-2H3,(H2,24,25,26). The molecule has 2 N–H and O–H groups in total. The van der Waals surface area contributed by atoms with E-state index in [-0.39, 0.29) is 5.75 Å². The lowest BCUT2D eigenvalue weighted by Crippen LogP contribution is -2.36. The molecule has 0 spiro atoms. The van der Waals surface area contributed by atoms with Gasteiger partial charge in [-0.1, -0.05) is 49.4 Å². The fourth-order valence-corrected chi connectivity index (χ4v) is 2.64. The Balaban J connectivity index is 1.93. The molecule has 0 bridgehead atoms. The number of hydrogen-bond donors (Lipinski definition) is 2. The first-order valence-electron chi connectivity index (χ1n) is 9.25. The highest BCUT2D eigenvalue weighted by molar-refractivity contribution is 5.79. The number of aliphatic imine (C=N–C) groups is 1. The molecule has 0 atom stereocenters. The van der Waals surface area contributed by atoms with Gasteiger partial charge in [-0.05, 0) is 23.6 Å². The molecule has 0 aliphatic carbocycles. The lowest BCUT2D eigenvalue weighted by molar-refractivity contribution is -0.0504. The molecule has 2 rings (SSSR count).